The maximum absolute atomic E-state index is 12.0. The fourth-order valence-corrected chi connectivity index (χ4v) is 2.65. The number of phenols is 1. The minimum Gasteiger partial charge on any atom is -0.508 e. The maximum Gasteiger partial charge on any atom is 0.271 e. The number of amides is 1. The molecule has 3 aromatic rings. The van der Waals surface area contributed by atoms with E-state index in [1.807, 2.05) is 37.3 Å². The lowest BCUT2D eigenvalue weighted by Gasteiger charge is -2.12. The molecule has 0 aromatic heterocycles. The Bertz CT molecular complexity index is 1010. The predicted octanol–water partition coefficient (Wildman–Crippen LogP) is 4.05. The van der Waals surface area contributed by atoms with Crippen molar-refractivity contribution < 1.29 is 19.4 Å². The molecule has 1 amide bonds. The first-order valence-electron chi connectivity index (χ1n) is 9.04. The molecule has 0 bridgehead atoms. The van der Waals surface area contributed by atoms with Gasteiger partial charge in [-0.05, 0) is 66.1 Å². The first kappa shape index (κ1) is 19.9. The molecule has 0 aliphatic carbocycles. The number of hydrazone groups is 1. The second-order valence-corrected chi connectivity index (χ2v) is 6.37. The van der Waals surface area contributed by atoms with Crippen molar-refractivity contribution in [3.63, 3.8) is 0 Å². The van der Waals surface area contributed by atoms with Crippen molar-refractivity contribution in [1.29, 1.82) is 0 Å². The number of ether oxygens (including phenoxy) is 2. The molecule has 0 saturated heterocycles. The molecule has 6 heteroatoms. The van der Waals surface area contributed by atoms with Gasteiger partial charge in [-0.2, -0.15) is 5.10 Å². The third kappa shape index (κ3) is 5.35. The van der Waals surface area contributed by atoms with Crippen LogP contribution in [0.5, 0.6) is 17.2 Å². The van der Waals surface area contributed by atoms with Gasteiger partial charge in [0.05, 0.1) is 13.3 Å². The SMILES string of the molecule is COc1cc(/C=N/NC(=O)c2ccc(O)cc2)ccc1OCc1ccccc1C. The third-order valence-corrected chi connectivity index (χ3v) is 4.34. The van der Waals surface area contributed by atoms with E-state index in [1.54, 1.807) is 19.2 Å². The summed E-state index contributed by atoms with van der Waals surface area (Å²) < 4.78 is 11.3. The molecule has 3 aromatic carbocycles. The molecule has 2 N–H and O–H groups in total. The molecule has 0 radical (unpaired) electrons. The zero-order valence-electron chi connectivity index (χ0n) is 16.3. The van der Waals surface area contributed by atoms with Crippen LogP contribution in [0.1, 0.15) is 27.0 Å². The molecular formula is C23H22N2O4. The number of hydrogen-bond acceptors (Lipinski definition) is 5. The van der Waals surface area contributed by atoms with Gasteiger partial charge in [-0.25, -0.2) is 5.43 Å². The Kier molecular flexibility index (Phi) is 6.47. The minimum atomic E-state index is -0.369. The van der Waals surface area contributed by atoms with Crippen molar-refractivity contribution in [3.8, 4) is 17.2 Å². The van der Waals surface area contributed by atoms with E-state index in [1.165, 1.54) is 36.0 Å². The number of benzene rings is 3. The van der Waals surface area contributed by atoms with Crippen molar-refractivity contribution in [2.75, 3.05) is 7.11 Å². The van der Waals surface area contributed by atoms with Crippen LogP contribution >= 0.6 is 0 Å². The number of methoxy groups -OCH3 is 1. The lowest BCUT2D eigenvalue weighted by Crippen LogP contribution is -2.17. The van der Waals surface area contributed by atoms with E-state index in [9.17, 15) is 9.90 Å². The Morgan fingerprint density at radius 1 is 1.07 bits per heavy atom. The lowest BCUT2D eigenvalue weighted by atomic mass is 10.1. The summed E-state index contributed by atoms with van der Waals surface area (Å²) in [5.74, 6) is 0.932. The first-order valence-corrected chi connectivity index (χ1v) is 9.04. The number of carbonyl (C=O) groups excluding carboxylic acids is 1. The highest BCUT2D eigenvalue weighted by molar-refractivity contribution is 5.95. The smallest absolute Gasteiger partial charge is 0.271 e. The van der Waals surface area contributed by atoms with E-state index in [0.29, 0.717) is 23.7 Å². The minimum absolute atomic E-state index is 0.0990. The van der Waals surface area contributed by atoms with Crippen molar-refractivity contribution >= 4 is 12.1 Å². The summed E-state index contributed by atoms with van der Waals surface area (Å²) in [7, 11) is 1.57. The molecule has 0 spiro atoms. The molecule has 0 aliphatic rings. The molecule has 0 atom stereocenters. The number of phenolic OH excluding ortho intramolecular Hbond substituents is 1. The zero-order valence-corrected chi connectivity index (χ0v) is 16.3. The quantitative estimate of drug-likeness (QED) is 0.471. The molecule has 0 fully saturated rings. The molecule has 29 heavy (non-hydrogen) atoms. The Hall–Kier alpha value is -3.80. The fourth-order valence-electron chi connectivity index (χ4n) is 2.65. The van der Waals surface area contributed by atoms with E-state index in [0.717, 1.165) is 11.1 Å². The van der Waals surface area contributed by atoms with Crippen molar-refractivity contribution in [1.82, 2.24) is 5.43 Å². The van der Waals surface area contributed by atoms with Crippen LogP contribution in [0.15, 0.2) is 71.8 Å². The molecule has 148 valence electrons. The number of aromatic hydroxyl groups is 1. The van der Waals surface area contributed by atoms with Gasteiger partial charge in [0.25, 0.3) is 5.91 Å². The topological polar surface area (TPSA) is 80.2 Å². The summed E-state index contributed by atoms with van der Waals surface area (Å²) >= 11 is 0. The highest BCUT2D eigenvalue weighted by atomic mass is 16.5. The normalized spacial score (nSPS) is 10.7. The van der Waals surface area contributed by atoms with Crippen molar-refractivity contribution in [2.24, 2.45) is 5.10 Å². The van der Waals surface area contributed by atoms with Crippen molar-refractivity contribution in [2.45, 2.75) is 13.5 Å². The second kappa shape index (κ2) is 9.41. The number of nitrogens with zero attached hydrogens (tertiary/aromatic N) is 1. The fraction of sp³-hybridized carbons (Fsp3) is 0.130. The Morgan fingerprint density at radius 3 is 2.55 bits per heavy atom. The largest absolute Gasteiger partial charge is 0.508 e. The van der Waals surface area contributed by atoms with Crippen LogP contribution in [0.4, 0.5) is 0 Å². The van der Waals surface area contributed by atoms with Gasteiger partial charge >= 0.3 is 0 Å². The van der Waals surface area contributed by atoms with Gasteiger partial charge in [0, 0.05) is 5.56 Å². The van der Waals surface area contributed by atoms with Gasteiger partial charge in [-0.1, -0.05) is 24.3 Å². The Morgan fingerprint density at radius 2 is 1.83 bits per heavy atom. The maximum atomic E-state index is 12.0. The van der Waals surface area contributed by atoms with Crippen LogP contribution in [0.25, 0.3) is 0 Å². The monoisotopic (exact) mass is 390 g/mol. The average molecular weight is 390 g/mol. The van der Waals surface area contributed by atoms with E-state index >= 15 is 0 Å². The average Bonchev–Trinajstić information content (AvgIpc) is 2.74. The number of rotatable bonds is 7. The van der Waals surface area contributed by atoms with E-state index in [2.05, 4.69) is 10.5 Å². The van der Waals surface area contributed by atoms with Crippen LogP contribution < -0.4 is 14.9 Å². The Labute approximate surface area is 169 Å². The number of carbonyl (C=O) groups is 1. The molecule has 0 saturated carbocycles. The summed E-state index contributed by atoms with van der Waals surface area (Å²) in [5, 5.41) is 13.2. The lowest BCUT2D eigenvalue weighted by molar-refractivity contribution is 0.0955. The standard InChI is InChI=1S/C23H22N2O4/c1-16-5-3-4-6-19(16)15-29-21-12-7-17(13-22(21)28-2)14-24-25-23(27)18-8-10-20(26)11-9-18/h3-14,26H,15H2,1-2H3,(H,25,27)/b24-14+. The zero-order chi connectivity index (χ0) is 20.6. The van der Waals surface area contributed by atoms with Gasteiger partial charge in [0.15, 0.2) is 11.5 Å². The van der Waals surface area contributed by atoms with E-state index < -0.39 is 0 Å². The van der Waals surface area contributed by atoms with Gasteiger partial charge < -0.3 is 14.6 Å². The van der Waals surface area contributed by atoms with E-state index in [4.69, 9.17) is 9.47 Å². The molecule has 6 nitrogen and oxygen atoms in total. The molecule has 0 heterocycles. The molecule has 3 rings (SSSR count). The highest BCUT2D eigenvalue weighted by Gasteiger charge is 2.07. The second-order valence-electron chi connectivity index (χ2n) is 6.37. The summed E-state index contributed by atoms with van der Waals surface area (Å²) in [6, 6.07) is 19.4. The molecular weight excluding hydrogens is 368 g/mol. The van der Waals surface area contributed by atoms with Gasteiger partial charge in [-0.3, -0.25) is 4.79 Å². The number of aryl methyl sites for hydroxylation is 1. The first-order chi connectivity index (χ1) is 14.1. The van der Waals surface area contributed by atoms with Gasteiger partial charge in [0.2, 0.25) is 0 Å². The summed E-state index contributed by atoms with van der Waals surface area (Å²) in [5.41, 5.74) is 5.87. The summed E-state index contributed by atoms with van der Waals surface area (Å²) in [4.78, 5) is 12.0. The third-order valence-electron chi connectivity index (χ3n) is 4.34. The summed E-state index contributed by atoms with van der Waals surface area (Å²) in [6.45, 7) is 2.49. The molecule has 0 aliphatic heterocycles. The van der Waals surface area contributed by atoms with Crippen LogP contribution in [0.3, 0.4) is 0 Å². The Balaban J connectivity index is 1.63. The summed E-state index contributed by atoms with van der Waals surface area (Å²) in [6.07, 6.45) is 1.52. The van der Waals surface area contributed by atoms with E-state index in [-0.39, 0.29) is 11.7 Å². The number of hydrogen-bond donors (Lipinski definition) is 2. The van der Waals surface area contributed by atoms with Crippen molar-refractivity contribution in [3.05, 3.63) is 89.0 Å². The van der Waals surface area contributed by atoms with Gasteiger partial charge in [0.1, 0.15) is 12.4 Å². The van der Waals surface area contributed by atoms with Crippen LogP contribution in [-0.2, 0) is 6.61 Å². The molecule has 0 unspecified atom stereocenters. The van der Waals surface area contributed by atoms with Crippen LogP contribution in [0, 0.1) is 6.92 Å². The predicted molar refractivity (Wildman–Crippen MR) is 112 cm³/mol. The van der Waals surface area contributed by atoms with Crippen LogP contribution in [0.2, 0.25) is 0 Å². The number of nitrogens with one attached hydrogen (secondary N) is 1. The highest BCUT2D eigenvalue weighted by Crippen LogP contribution is 2.28. The van der Waals surface area contributed by atoms with Gasteiger partial charge in [-0.15, -0.1) is 0 Å². The van der Waals surface area contributed by atoms with Crippen LogP contribution in [-0.4, -0.2) is 24.3 Å².